The van der Waals surface area contributed by atoms with Crippen LogP contribution in [0.15, 0.2) is 40.7 Å². The zero-order valence-electron chi connectivity index (χ0n) is 27.7. The number of ether oxygens (including phenoxy) is 5. The molecule has 2 N–H and O–H groups in total. The summed E-state index contributed by atoms with van der Waals surface area (Å²) in [6, 6.07) is 9.48. The highest BCUT2D eigenvalue weighted by atomic mass is 33.1. The Labute approximate surface area is 293 Å². The van der Waals surface area contributed by atoms with Crippen molar-refractivity contribution in [3.63, 3.8) is 0 Å². The van der Waals surface area contributed by atoms with E-state index in [1.807, 2.05) is 45.9 Å². The number of benzene rings is 1. The Balaban J connectivity index is 0.923. The van der Waals surface area contributed by atoms with E-state index in [1.54, 1.807) is 17.6 Å². The highest BCUT2D eigenvalue weighted by Crippen LogP contribution is 2.44. The Kier molecular flexibility index (Phi) is 11.9. The first-order valence-corrected chi connectivity index (χ1v) is 19.3. The Hall–Kier alpha value is -3.46. The fourth-order valence-corrected chi connectivity index (χ4v) is 9.61. The third-order valence-corrected chi connectivity index (χ3v) is 12.2. The number of carbonyl (C=O) groups is 3. The molecule has 49 heavy (non-hydrogen) atoms. The van der Waals surface area contributed by atoms with Crippen LogP contribution in [-0.2, 0) is 52.0 Å². The molecule has 14 heteroatoms. The lowest BCUT2D eigenvalue weighted by molar-refractivity contribution is -0.172. The second-order valence-electron chi connectivity index (χ2n) is 12.3. The quantitative estimate of drug-likeness (QED) is 0.104. The van der Waals surface area contributed by atoms with Gasteiger partial charge < -0.3 is 38.9 Å². The SMILES string of the molecule is CCC1(OC(=O)NCCOCCOCCOC(=O)CCCCC2CCSS2)C(=O)OCc2c1cc1n(c2=O)CC2=Cc3ccccc3NC21. The molecule has 3 unspecified atom stereocenters. The van der Waals surface area contributed by atoms with Gasteiger partial charge >= 0.3 is 18.0 Å². The molecule has 1 aromatic carbocycles. The maximum absolute atomic E-state index is 13.7. The zero-order valence-corrected chi connectivity index (χ0v) is 29.3. The van der Waals surface area contributed by atoms with Gasteiger partial charge in [0, 0.05) is 47.5 Å². The number of nitrogens with one attached hydrogen (secondary N) is 2. The molecule has 4 aliphatic rings. The number of esters is 2. The average Bonchev–Trinajstić information content (AvgIpc) is 3.76. The number of hydrogen-bond acceptors (Lipinski definition) is 12. The fourth-order valence-electron chi connectivity index (χ4n) is 6.58. The van der Waals surface area contributed by atoms with Crippen molar-refractivity contribution in [3.8, 4) is 0 Å². The van der Waals surface area contributed by atoms with Crippen LogP contribution in [0.4, 0.5) is 10.5 Å². The molecule has 3 atom stereocenters. The van der Waals surface area contributed by atoms with Gasteiger partial charge in [0.15, 0.2) is 0 Å². The van der Waals surface area contributed by atoms with Gasteiger partial charge in [0.25, 0.3) is 5.56 Å². The summed E-state index contributed by atoms with van der Waals surface area (Å²) in [5.41, 5.74) is 2.38. The molecule has 0 bridgehead atoms. The first kappa shape index (κ1) is 35.4. The first-order chi connectivity index (χ1) is 23.9. The van der Waals surface area contributed by atoms with Crippen LogP contribution in [-0.4, -0.2) is 73.2 Å². The summed E-state index contributed by atoms with van der Waals surface area (Å²) >= 11 is 0. The molecule has 1 amide bonds. The van der Waals surface area contributed by atoms with E-state index >= 15 is 0 Å². The molecule has 0 radical (unpaired) electrons. The van der Waals surface area contributed by atoms with Crippen molar-refractivity contribution in [2.75, 3.05) is 50.6 Å². The van der Waals surface area contributed by atoms with Gasteiger partial charge in [-0.25, -0.2) is 9.59 Å². The predicted molar refractivity (Wildman–Crippen MR) is 187 cm³/mol. The minimum Gasteiger partial charge on any atom is -0.463 e. The molecule has 4 aliphatic heterocycles. The fraction of sp³-hybridized carbons (Fsp3) is 0.543. The minimum atomic E-state index is -1.77. The summed E-state index contributed by atoms with van der Waals surface area (Å²) in [5, 5.41) is 6.87. The lowest BCUT2D eigenvalue weighted by atomic mass is 9.85. The minimum absolute atomic E-state index is 0.0842. The van der Waals surface area contributed by atoms with Gasteiger partial charge in [-0.05, 0) is 55.0 Å². The smallest absolute Gasteiger partial charge is 0.408 e. The maximum atomic E-state index is 13.7. The van der Waals surface area contributed by atoms with Crippen molar-refractivity contribution in [2.24, 2.45) is 0 Å². The molecule has 0 aliphatic carbocycles. The average molecular weight is 714 g/mol. The number of aromatic nitrogens is 1. The van der Waals surface area contributed by atoms with Gasteiger partial charge in [0.05, 0.1) is 38.0 Å². The number of carbonyl (C=O) groups excluding carboxylic acids is 3. The predicted octanol–water partition coefficient (Wildman–Crippen LogP) is 5.09. The van der Waals surface area contributed by atoms with Crippen LogP contribution in [0, 0.1) is 0 Å². The van der Waals surface area contributed by atoms with Crippen molar-refractivity contribution in [1.82, 2.24) is 9.88 Å². The van der Waals surface area contributed by atoms with E-state index in [4.69, 9.17) is 23.7 Å². The number of hydrogen-bond donors (Lipinski definition) is 2. The van der Waals surface area contributed by atoms with E-state index in [0.717, 1.165) is 41.3 Å². The van der Waals surface area contributed by atoms with Crippen LogP contribution in [0.3, 0.4) is 0 Å². The number of pyridine rings is 1. The molecule has 0 saturated carbocycles. The van der Waals surface area contributed by atoms with E-state index < -0.39 is 17.7 Å². The van der Waals surface area contributed by atoms with E-state index in [9.17, 15) is 19.2 Å². The molecule has 1 aromatic heterocycles. The van der Waals surface area contributed by atoms with Crippen molar-refractivity contribution < 1.29 is 38.1 Å². The Bertz CT molecular complexity index is 1620. The van der Waals surface area contributed by atoms with Crippen molar-refractivity contribution >= 4 is 51.4 Å². The summed E-state index contributed by atoms with van der Waals surface area (Å²) in [4.78, 5) is 51.8. The van der Waals surface area contributed by atoms with Crippen LogP contribution in [0.25, 0.3) is 6.08 Å². The number of unbranched alkanes of at least 4 members (excludes halogenated alkanes) is 1. The standard InChI is InChI=1S/C35H43N3O9S2/c1-2-35(47-34(42)36-12-13-43-14-15-44-16-17-45-30(39)10-6-4-8-25-11-18-48-49-25)27-20-29-31-24(19-23-7-3-5-9-28(23)37-31)21-38(29)32(40)26(27)22-46-33(35)41/h3,5,7,9,19-20,25,31,37H,2,4,6,8,10-18,21-22H2,1H3,(H,36,42). The van der Waals surface area contributed by atoms with Crippen molar-refractivity contribution in [3.05, 3.63) is 68.6 Å². The van der Waals surface area contributed by atoms with Gasteiger partial charge in [-0.1, -0.05) is 53.1 Å². The molecule has 0 spiro atoms. The highest BCUT2D eigenvalue weighted by Gasteiger charge is 2.51. The molecule has 2 aromatic rings. The van der Waals surface area contributed by atoms with E-state index in [2.05, 4.69) is 16.7 Å². The van der Waals surface area contributed by atoms with Crippen LogP contribution < -0.4 is 16.2 Å². The van der Waals surface area contributed by atoms with E-state index in [0.29, 0.717) is 36.4 Å². The molecular weight excluding hydrogens is 671 g/mol. The number of anilines is 1. The van der Waals surface area contributed by atoms with Gasteiger partial charge in [-0.15, -0.1) is 0 Å². The number of amides is 1. The van der Waals surface area contributed by atoms with Crippen LogP contribution in [0.1, 0.15) is 73.9 Å². The van der Waals surface area contributed by atoms with Gasteiger partial charge in [0.1, 0.15) is 13.2 Å². The third-order valence-electron chi connectivity index (χ3n) is 9.18. The summed E-state index contributed by atoms with van der Waals surface area (Å²) in [7, 11) is 3.90. The maximum Gasteiger partial charge on any atom is 0.408 e. The molecule has 1 fully saturated rings. The molecule has 5 heterocycles. The second-order valence-corrected chi connectivity index (χ2v) is 15.1. The van der Waals surface area contributed by atoms with Crippen LogP contribution >= 0.6 is 21.6 Å². The number of para-hydroxylation sites is 1. The van der Waals surface area contributed by atoms with Gasteiger partial charge in [-0.3, -0.25) is 9.59 Å². The molecular formula is C35H43N3O9S2. The molecule has 6 rings (SSSR count). The normalized spacial score (nSPS) is 21.7. The lowest BCUT2D eigenvalue weighted by Crippen LogP contribution is -2.49. The monoisotopic (exact) mass is 713 g/mol. The summed E-state index contributed by atoms with van der Waals surface area (Å²) in [5.74, 6) is 0.315. The highest BCUT2D eigenvalue weighted by molar-refractivity contribution is 8.77. The number of nitrogens with zero attached hydrogens (tertiary/aromatic N) is 1. The number of alkyl carbamates (subject to hydrolysis) is 1. The Morgan fingerprint density at radius 1 is 1.10 bits per heavy atom. The van der Waals surface area contributed by atoms with Gasteiger partial charge in [0.2, 0.25) is 5.60 Å². The van der Waals surface area contributed by atoms with Crippen molar-refractivity contribution in [1.29, 1.82) is 0 Å². The first-order valence-electron chi connectivity index (χ1n) is 17.0. The van der Waals surface area contributed by atoms with E-state index in [1.165, 1.54) is 12.2 Å². The molecule has 264 valence electrons. The van der Waals surface area contributed by atoms with Crippen molar-refractivity contribution in [2.45, 2.75) is 75.5 Å². The Morgan fingerprint density at radius 2 is 1.92 bits per heavy atom. The number of fused-ring (bicyclic) bond motifs is 5. The van der Waals surface area contributed by atoms with Crippen LogP contribution in [0.2, 0.25) is 0 Å². The lowest BCUT2D eigenvalue weighted by Gasteiger charge is -2.35. The molecule has 12 nitrogen and oxygen atoms in total. The summed E-state index contributed by atoms with van der Waals surface area (Å²) in [6.07, 6.45) is 6.10. The molecule has 1 saturated heterocycles. The summed E-state index contributed by atoms with van der Waals surface area (Å²) < 4.78 is 29.1. The topological polar surface area (TPSA) is 143 Å². The number of cyclic esters (lactones) is 1. The van der Waals surface area contributed by atoms with E-state index in [-0.39, 0.29) is 63.6 Å². The second kappa shape index (κ2) is 16.5. The third kappa shape index (κ3) is 8.13. The zero-order chi connectivity index (χ0) is 34.2. The Morgan fingerprint density at radius 3 is 2.73 bits per heavy atom. The van der Waals surface area contributed by atoms with Crippen LogP contribution in [0.5, 0.6) is 0 Å². The van der Waals surface area contributed by atoms with Gasteiger partial charge in [-0.2, -0.15) is 0 Å². The number of rotatable bonds is 16. The summed E-state index contributed by atoms with van der Waals surface area (Å²) in [6.45, 7) is 3.33. The largest absolute Gasteiger partial charge is 0.463 e.